The molecule has 0 aliphatic carbocycles. The lowest BCUT2D eigenvalue weighted by molar-refractivity contribution is -0.151. The number of aromatic nitrogens is 1. The van der Waals surface area contributed by atoms with Crippen molar-refractivity contribution in [2.45, 2.75) is 65.7 Å². The third-order valence-electron chi connectivity index (χ3n) is 4.91. The molecule has 1 aromatic heterocycles. The predicted molar refractivity (Wildman–Crippen MR) is 110 cm³/mol. The van der Waals surface area contributed by atoms with E-state index in [2.05, 4.69) is 4.98 Å². The maximum absolute atomic E-state index is 13.1. The van der Waals surface area contributed by atoms with Crippen LogP contribution in [0.3, 0.4) is 0 Å². The molecule has 0 N–H and O–H groups in total. The summed E-state index contributed by atoms with van der Waals surface area (Å²) in [5.74, 6) is -0.0548. The monoisotopic (exact) mass is 402 g/mol. The quantitative estimate of drug-likeness (QED) is 0.672. The molecule has 2 aromatic rings. The van der Waals surface area contributed by atoms with E-state index in [0.29, 0.717) is 17.9 Å². The predicted octanol–water partition coefficient (Wildman–Crippen LogP) is 4.35. The molecule has 0 bridgehead atoms. The summed E-state index contributed by atoms with van der Waals surface area (Å²) < 4.78 is 11.4. The lowest BCUT2D eigenvalue weighted by Gasteiger charge is -2.37. The highest BCUT2D eigenvalue weighted by Gasteiger charge is 2.39. The Morgan fingerprint density at radius 1 is 1.36 bits per heavy atom. The van der Waals surface area contributed by atoms with Crippen molar-refractivity contribution in [2.24, 2.45) is 0 Å². The van der Waals surface area contributed by atoms with E-state index in [1.807, 2.05) is 51.3 Å². The highest BCUT2D eigenvalue weighted by molar-refractivity contribution is 7.09. The first-order chi connectivity index (χ1) is 13.3. The maximum Gasteiger partial charge on any atom is 0.329 e. The van der Waals surface area contributed by atoms with Crippen LogP contribution >= 0.6 is 11.3 Å². The Morgan fingerprint density at radius 2 is 2.11 bits per heavy atom. The van der Waals surface area contributed by atoms with Gasteiger partial charge in [-0.1, -0.05) is 13.8 Å². The van der Waals surface area contributed by atoms with Gasteiger partial charge in [-0.2, -0.15) is 0 Å². The number of benzene rings is 1. The zero-order valence-corrected chi connectivity index (χ0v) is 17.7. The molecule has 1 aliphatic heterocycles. The summed E-state index contributed by atoms with van der Waals surface area (Å²) in [5, 5.41) is 2.94. The number of ether oxygens (including phenoxy) is 2. The number of rotatable bonds is 6. The molecule has 7 heteroatoms. The van der Waals surface area contributed by atoms with Crippen LogP contribution in [-0.4, -0.2) is 35.1 Å². The van der Waals surface area contributed by atoms with Gasteiger partial charge in [-0.15, -0.1) is 11.3 Å². The number of carbonyl (C=O) groups is 2. The first kappa shape index (κ1) is 20.3. The van der Waals surface area contributed by atoms with E-state index in [1.54, 1.807) is 18.3 Å². The highest BCUT2D eigenvalue weighted by Crippen LogP contribution is 2.39. The van der Waals surface area contributed by atoms with Crippen LogP contribution in [0.5, 0.6) is 5.75 Å². The summed E-state index contributed by atoms with van der Waals surface area (Å²) >= 11 is 1.57. The van der Waals surface area contributed by atoms with Crippen LogP contribution < -0.4 is 9.64 Å². The number of hydrogen-bond donors (Lipinski definition) is 0. The van der Waals surface area contributed by atoms with Crippen LogP contribution in [0.2, 0.25) is 0 Å². The van der Waals surface area contributed by atoms with Crippen molar-refractivity contribution >= 4 is 28.9 Å². The van der Waals surface area contributed by atoms with Gasteiger partial charge in [0.05, 0.1) is 22.5 Å². The van der Waals surface area contributed by atoms with Gasteiger partial charge in [0, 0.05) is 10.9 Å². The van der Waals surface area contributed by atoms with Crippen molar-refractivity contribution < 1.29 is 19.1 Å². The molecular weight excluding hydrogens is 376 g/mol. The number of hydrogen-bond acceptors (Lipinski definition) is 6. The Balaban J connectivity index is 2.01. The molecule has 150 valence electrons. The molecule has 0 saturated carbocycles. The number of fused-ring (bicyclic) bond motifs is 1. The molecule has 0 fully saturated rings. The minimum absolute atomic E-state index is 0.197. The molecule has 3 rings (SSSR count). The molecular formula is C21H26N2O4S. The Hall–Kier alpha value is -2.41. The molecule has 1 amide bonds. The molecule has 1 aliphatic rings. The van der Waals surface area contributed by atoms with Crippen LogP contribution in [0.4, 0.5) is 5.69 Å². The fourth-order valence-electron chi connectivity index (χ4n) is 3.08. The number of aryl methyl sites for hydroxylation is 1. The minimum Gasteiger partial charge on any atom is -0.478 e. The van der Waals surface area contributed by atoms with Gasteiger partial charge >= 0.3 is 5.97 Å². The second-order valence-electron chi connectivity index (χ2n) is 6.99. The number of amides is 1. The van der Waals surface area contributed by atoms with Gasteiger partial charge in [-0.05, 0) is 51.8 Å². The number of nitrogens with zero attached hydrogens (tertiary/aromatic N) is 2. The van der Waals surface area contributed by atoms with Crippen LogP contribution in [-0.2, 0) is 14.3 Å². The van der Waals surface area contributed by atoms with Crippen molar-refractivity contribution in [1.82, 2.24) is 4.98 Å². The van der Waals surface area contributed by atoms with Gasteiger partial charge in [-0.25, -0.2) is 9.78 Å². The van der Waals surface area contributed by atoms with Crippen molar-refractivity contribution in [3.05, 3.63) is 28.6 Å². The van der Waals surface area contributed by atoms with E-state index >= 15 is 0 Å². The number of anilines is 1. The highest BCUT2D eigenvalue weighted by atomic mass is 32.1. The smallest absolute Gasteiger partial charge is 0.329 e. The summed E-state index contributed by atoms with van der Waals surface area (Å²) in [6, 6.07) is 4.89. The molecule has 3 atom stereocenters. The molecule has 28 heavy (non-hydrogen) atoms. The summed E-state index contributed by atoms with van der Waals surface area (Å²) in [6.07, 6.45) is 0.432. The average Bonchev–Trinajstić information content (AvgIpc) is 3.12. The Morgan fingerprint density at radius 3 is 2.71 bits per heavy atom. The molecule has 6 nitrogen and oxygen atoms in total. The molecule has 2 heterocycles. The zero-order valence-electron chi connectivity index (χ0n) is 16.9. The summed E-state index contributed by atoms with van der Waals surface area (Å²) in [6.45, 7) is 9.33. The topological polar surface area (TPSA) is 68.7 Å². The van der Waals surface area contributed by atoms with Gasteiger partial charge < -0.3 is 9.47 Å². The van der Waals surface area contributed by atoms with E-state index in [4.69, 9.17) is 9.47 Å². The average molecular weight is 403 g/mol. The Bertz CT molecular complexity index is 879. The molecule has 1 aromatic carbocycles. The fraction of sp³-hybridized carbons (Fsp3) is 0.476. The normalized spacial score (nSPS) is 18.2. The summed E-state index contributed by atoms with van der Waals surface area (Å²) in [4.78, 5) is 31.7. The molecule has 0 radical (unpaired) electrons. The van der Waals surface area contributed by atoms with E-state index in [9.17, 15) is 9.59 Å². The van der Waals surface area contributed by atoms with Gasteiger partial charge in [0.2, 0.25) is 0 Å². The van der Waals surface area contributed by atoms with E-state index < -0.39 is 18.1 Å². The van der Waals surface area contributed by atoms with Gasteiger partial charge in [0.15, 0.2) is 6.10 Å². The molecule has 0 saturated heterocycles. The lowest BCUT2D eigenvalue weighted by atomic mass is 10.1. The first-order valence-electron chi connectivity index (χ1n) is 9.62. The summed E-state index contributed by atoms with van der Waals surface area (Å²) in [5.41, 5.74) is 2.29. The maximum atomic E-state index is 13.1. The second-order valence-corrected chi connectivity index (χ2v) is 8.05. The Labute approximate surface area is 169 Å². The third kappa shape index (κ3) is 3.90. The standard InChI is InChI=1S/C21H26N2O4S/c1-6-12(3)26-21(25)13(4)23-17-10-15(16-11-28-14(5)22-16)8-9-19(17)27-18(7-2)20(23)24/h8-13,18H,6-7H2,1-5H3. The van der Waals surface area contributed by atoms with Crippen molar-refractivity contribution in [3.8, 4) is 17.0 Å². The molecule has 3 unspecified atom stereocenters. The van der Waals surface area contributed by atoms with Crippen LogP contribution in [0.15, 0.2) is 23.6 Å². The van der Waals surface area contributed by atoms with E-state index in [1.165, 1.54) is 4.90 Å². The van der Waals surface area contributed by atoms with Gasteiger partial charge in [-0.3, -0.25) is 9.69 Å². The number of carbonyl (C=O) groups excluding carboxylic acids is 2. The SMILES string of the molecule is CCC(C)OC(=O)C(C)N1C(=O)C(CC)Oc2ccc(-c3csc(C)n3)cc21. The van der Waals surface area contributed by atoms with Crippen molar-refractivity contribution in [1.29, 1.82) is 0 Å². The first-order valence-corrected chi connectivity index (χ1v) is 10.5. The van der Waals surface area contributed by atoms with E-state index in [-0.39, 0.29) is 12.0 Å². The van der Waals surface area contributed by atoms with Crippen LogP contribution in [0.1, 0.15) is 45.5 Å². The van der Waals surface area contributed by atoms with E-state index in [0.717, 1.165) is 22.7 Å². The second kappa shape index (κ2) is 8.31. The lowest BCUT2D eigenvalue weighted by Crippen LogP contribution is -2.52. The fourth-order valence-corrected chi connectivity index (χ4v) is 3.70. The summed E-state index contributed by atoms with van der Waals surface area (Å²) in [7, 11) is 0. The molecule has 0 spiro atoms. The van der Waals surface area contributed by atoms with Crippen molar-refractivity contribution in [3.63, 3.8) is 0 Å². The Kier molecular flexibility index (Phi) is 6.03. The third-order valence-corrected chi connectivity index (χ3v) is 5.68. The van der Waals surface area contributed by atoms with Crippen LogP contribution in [0.25, 0.3) is 11.3 Å². The number of thiazole rings is 1. The largest absolute Gasteiger partial charge is 0.478 e. The zero-order chi connectivity index (χ0) is 20.4. The van der Waals surface area contributed by atoms with Crippen LogP contribution in [0, 0.1) is 6.92 Å². The minimum atomic E-state index is -0.745. The van der Waals surface area contributed by atoms with Gasteiger partial charge in [0.25, 0.3) is 5.91 Å². The van der Waals surface area contributed by atoms with Crippen molar-refractivity contribution in [2.75, 3.05) is 4.90 Å². The number of esters is 1. The van der Waals surface area contributed by atoms with Gasteiger partial charge in [0.1, 0.15) is 11.8 Å².